The van der Waals surface area contributed by atoms with E-state index in [9.17, 15) is 0 Å². The molecule has 1 aromatic heterocycles. The van der Waals surface area contributed by atoms with Crippen molar-refractivity contribution in [2.24, 2.45) is 0 Å². The highest BCUT2D eigenvalue weighted by molar-refractivity contribution is 15.0. The second-order valence-electron chi connectivity index (χ2n) is 1.97. The normalized spacial score (nSPS) is 7.46. The van der Waals surface area contributed by atoms with Crippen molar-refractivity contribution in [2.45, 2.75) is 27.1 Å². The molecule has 0 N–H and O–H groups in total. The van der Waals surface area contributed by atoms with E-state index in [0.29, 0.717) is 6.32 Å². The fourth-order valence-corrected chi connectivity index (χ4v) is 0.713. The maximum atomic E-state index is 5.36. The zero-order valence-electron chi connectivity index (χ0n) is 8.22. The van der Waals surface area contributed by atoms with Crippen LogP contribution in [-0.4, -0.2) is 12.8 Å². The molecule has 0 bridgehead atoms. The Kier molecular flexibility index (Phi) is 15.7. The van der Waals surface area contributed by atoms with E-state index in [1.165, 1.54) is 0 Å². The van der Waals surface area contributed by atoms with Gasteiger partial charge in [0.05, 0.1) is 7.85 Å². The van der Waals surface area contributed by atoms with Crippen LogP contribution in [0.3, 0.4) is 0 Å². The Hall–Kier alpha value is 0.675. The van der Waals surface area contributed by atoms with Crippen molar-refractivity contribution in [2.75, 3.05) is 0 Å². The number of hydrogen-bond acceptors (Lipinski definition) is 1. The van der Waals surface area contributed by atoms with Gasteiger partial charge < -0.3 is 0 Å². The van der Waals surface area contributed by atoms with E-state index >= 15 is 0 Å². The van der Waals surface area contributed by atoms with Gasteiger partial charge in [0.1, 0.15) is 0 Å². The molecule has 1 rings (SSSR count). The first-order valence-electron chi connectivity index (χ1n) is 4.10. The summed E-state index contributed by atoms with van der Waals surface area (Å²) < 4.78 is 0. The van der Waals surface area contributed by atoms with E-state index in [2.05, 4.69) is 42.2 Å². The van der Waals surface area contributed by atoms with Gasteiger partial charge in [-0.15, -0.1) is 0 Å². The molecule has 0 saturated carbocycles. The van der Waals surface area contributed by atoms with Gasteiger partial charge >= 0.3 is 0 Å². The lowest BCUT2D eigenvalue weighted by Crippen LogP contribution is -1.89. The Morgan fingerprint density at radius 3 is 2.15 bits per heavy atom. The molecule has 0 aromatic carbocycles. The number of aryl methyl sites for hydroxylation is 1. The van der Waals surface area contributed by atoms with Gasteiger partial charge in [-0.25, -0.2) is 0 Å². The van der Waals surface area contributed by atoms with Crippen LogP contribution in [0.5, 0.6) is 0 Å². The van der Waals surface area contributed by atoms with Gasteiger partial charge in [-0.1, -0.05) is 19.9 Å². The van der Waals surface area contributed by atoms with E-state index in [0.717, 1.165) is 11.4 Å². The van der Waals surface area contributed by atoms with Gasteiger partial charge in [0.15, 0.2) is 0 Å². The molecular formula is C9H14BI2N. The van der Waals surface area contributed by atoms with E-state index in [-0.39, 0.29) is 0 Å². The van der Waals surface area contributed by atoms with E-state index in [1.807, 2.05) is 39.0 Å². The van der Waals surface area contributed by atoms with Crippen molar-refractivity contribution >= 4 is 45.1 Å². The van der Waals surface area contributed by atoms with Crippen LogP contribution in [0.15, 0.2) is 18.2 Å². The van der Waals surface area contributed by atoms with Crippen LogP contribution in [0.2, 0.25) is 0 Å². The average Bonchev–Trinajstić information content (AvgIpc) is 2.24. The third-order valence-electron chi connectivity index (χ3n) is 1.16. The third-order valence-corrected chi connectivity index (χ3v) is 1.16. The smallest absolute Gasteiger partial charge is 0.0738 e. The van der Waals surface area contributed by atoms with Crippen molar-refractivity contribution in [3.8, 4) is 0 Å². The van der Waals surface area contributed by atoms with Crippen LogP contribution >= 0.6 is 37.2 Å². The molecule has 4 heteroatoms. The molecule has 0 saturated heterocycles. The molecule has 13 heavy (non-hydrogen) atoms. The first-order valence-corrected chi connectivity index (χ1v) is 10.4. The fourth-order valence-electron chi connectivity index (χ4n) is 0.713. The van der Waals surface area contributed by atoms with Crippen molar-refractivity contribution < 1.29 is 0 Å². The van der Waals surface area contributed by atoms with Crippen LogP contribution in [-0.2, 0) is 6.32 Å². The summed E-state index contributed by atoms with van der Waals surface area (Å²) in [7, 11) is 5.36. The highest BCUT2D eigenvalue weighted by Crippen LogP contribution is 1.95. The quantitative estimate of drug-likeness (QED) is 0.515. The Balaban J connectivity index is 0. The molecule has 0 amide bonds. The largest absolute Gasteiger partial charge is 0.259 e. The highest BCUT2D eigenvalue weighted by Gasteiger charge is 1.87. The van der Waals surface area contributed by atoms with Crippen molar-refractivity contribution in [1.82, 2.24) is 4.98 Å². The summed E-state index contributed by atoms with van der Waals surface area (Å²) in [6.45, 7) is 5.96. The molecule has 1 aromatic rings. The number of halogens is 2. The molecule has 1 nitrogen and oxygen atoms in total. The molecule has 0 fully saturated rings. The maximum Gasteiger partial charge on any atom is 0.0738 e. The van der Waals surface area contributed by atoms with Crippen molar-refractivity contribution in [3.05, 3.63) is 29.6 Å². The second-order valence-corrected chi connectivity index (χ2v) is 1.97. The minimum absolute atomic E-state index is 0.529. The summed E-state index contributed by atoms with van der Waals surface area (Å²) in [6, 6.07) is 5.84. The van der Waals surface area contributed by atoms with Crippen LogP contribution < -0.4 is 0 Å². The van der Waals surface area contributed by atoms with E-state index in [4.69, 9.17) is 7.85 Å². The summed E-state index contributed by atoms with van der Waals surface area (Å²) in [4.78, 5) is 4.17. The summed E-state index contributed by atoms with van der Waals surface area (Å²) in [5.41, 5.74) is 1.98. The topological polar surface area (TPSA) is 12.9 Å². The predicted octanol–water partition coefficient (Wildman–Crippen LogP) is 3.86. The van der Waals surface area contributed by atoms with Crippen LogP contribution in [0.25, 0.3) is 0 Å². The van der Waals surface area contributed by atoms with Gasteiger partial charge in [-0.2, -0.15) is 0 Å². The molecule has 0 unspecified atom stereocenters. The molecule has 0 spiro atoms. The Labute approximate surface area is 106 Å². The van der Waals surface area contributed by atoms with Crippen LogP contribution in [0.4, 0.5) is 0 Å². The predicted molar refractivity (Wildman–Crippen MR) is 77.8 cm³/mol. The molecule has 72 valence electrons. The molecule has 0 aliphatic carbocycles. The number of nitrogens with zero attached hydrogens (tertiary/aromatic N) is 1. The van der Waals surface area contributed by atoms with Gasteiger partial charge in [0.25, 0.3) is 0 Å². The van der Waals surface area contributed by atoms with Crippen LogP contribution in [0.1, 0.15) is 25.2 Å². The highest BCUT2D eigenvalue weighted by atomic mass is 128. The number of aromatic nitrogens is 1. The maximum absolute atomic E-state index is 5.36. The van der Waals surface area contributed by atoms with Gasteiger partial charge in [0.2, 0.25) is 0 Å². The van der Waals surface area contributed by atoms with Crippen LogP contribution in [0, 0.1) is 6.92 Å². The molecule has 0 atom stereocenters. The first-order chi connectivity index (χ1) is 6.33. The number of pyridine rings is 1. The number of hydrogen-bond donors (Lipinski definition) is 0. The minimum atomic E-state index is 0.529. The monoisotopic (exact) mass is 401 g/mol. The first kappa shape index (κ1) is 16.1. The molecule has 2 radical (unpaired) electrons. The third kappa shape index (κ3) is 8.99. The zero-order valence-corrected chi connectivity index (χ0v) is 12.5. The second kappa shape index (κ2) is 12.7. The average molecular weight is 401 g/mol. The number of rotatable bonds is 1. The molecule has 0 aliphatic heterocycles. The Bertz CT molecular complexity index is 207. The molecule has 0 aliphatic rings. The van der Waals surface area contributed by atoms with Gasteiger partial charge in [0, 0.05) is 48.6 Å². The Morgan fingerprint density at radius 2 is 1.85 bits per heavy atom. The summed E-state index contributed by atoms with van der Waals surface area (Å²) in [5.74, 6) is 0. The lowest BCUT2D eigenvalue weighted by atomic mass is 10.0. The molecular weight excluding hydrogens is 387 g/mol. The van der Waals surface area contributed by atoms with E-state index in [1.54, 1.807) is 0 Å². The SMILES string of the molecule is CC.II.[B]Cc1cccc(C)n1. The van der Waals surface area contributed by atoms with Gasteiger partial charge in [-0.05, 0) is 25.4 Å². The molecule has 1 heterocycles. The van der Waals surface area contributed by atoms with Crippen molar-refractivity contribution in [3.63, 3.8) is 0 Å². The lowest BCUT2D eigenvalue weighted by molar-refractivity contribution is 1.10. The lowest BCUT2D eigenvalue weighted by Gasteiger charge is -1.94. The van der Waals surface area contributed by atoms with Crippen molar-refractivity contribution in [1.29, 1.82) is 0 Å². The summed E-state index contributed by atoms with van der Waals surface area (Å²) >= 11 is 4.24. The standard InChI is InChI=1S/C7H8BN.C2H6.I2/c1-6-3-2-4-7(5-8)9-6;2*1-2/h2-4H,5H2,1H3;1-2H3;. The van der Waals surface area contributed by atoms with E-state index < -0.39 is 0 Å². The summed E-state index contributed by atoms with van der Waals surface area (Å²) in [5, 5.41) is 0. The zero-order chi connectivity index (χ0) is 10.7. The Morgan fingerprint density at radius 1 is 1.31 bits per heavy atom. The minimum Gasteiger partial charge on any atom is -0.259 e. The fraction of sp³-hybridized carbons (Fsp3) is 0.444. The summed E-state index contributed by atoms with van der Waals surface area (Å²) in [6.07, 6.45) is 0.529. The van der Waals surface area contributed by atoms with Gasteiger partial charge in [-0.3, -0.25) is 4.98 Å².